The molecular formula is C36H44IN7O4. The SMILES string of the molecule is CCC(C)(C)OC(=O)OC(Cc1ccc(C(=O)Nc2ccc(C)c(Nc3nccc(-c4cccnc4)n3)c2)cc1)N1CCN(C)CC1.I. The van der Waals surface area contributed by atoms with Crippen LogP contribution in [-0.4, -0.2) is 81.9 Å². The standard InChI is InChI=1S/C36H43N7O4.HI/c1-6-36(3,4)47-35(45)46-32(43-20-18-42(5)19-21-43)22-26-10-12-27(13-11-26)33(44)39-29-14-9-25(2)31(23-29)41-34-38-17-15-30(40-34)28-8-7-16-37-24-28;/h7-17,23-24,32H,6,18-22H2,1-5H3,(H,39,44)(H,38,40,41);1H. The lowest BCUT2D eigenvalue weighted by Crippen LogP contribution is -2.51. The van der Waals surface area contributed by atoms with Crippen molar-refractivity contribution in [3.63, 3.8) is 0 Å². The van der Waals surface area contributed by atoms with Crippen molar-refractivity contribution >= 4 is 53.4 Å². The van der Waals surface area contributed by atoms with Crippen molar-refractivity contribution in [2.24, 2.45) is 0 Å². The van der Waals surface area contributed by atoms with Crippen LogP contribution >= 0.6 is 24.0 Å². The minimum atomic E-state index is -0.670. The number of aromatic nitrogens is 3. The molecule has 1 aliphatic heterocycles. The van der Waals surface area contributed by atoms with Gasteiger partial charge in [0, 0.05) is 73.7 Å². The zero-order chi connectivity index (χ0) is 33.4. The molecule has 0 aliphatic carbocycles. The highest BCUT2D eigenvalue weighted by Gasteiger charge is 2.29. The van der Waals surface area contributed by atoms with Crippen molar-refractivity contribution in [2.75, 3.05) is 43.9 Å². The van der Waals surface area contributed by atoms with E-state index < -0.39 is 18.0 Å². The molecule has 0 saturated carbocycles. The average Bonchev–Trinajstić information content (AvgIpc) is 3.07. The maximum atomic E-state index is 13.2. The molecule has 254 valence electrons. The molecule has 48 heavy (non-hydrogen) atoms. The molecule has 5 rings (SSSR count). The molecule has 0 spiro atoms. The highest BCUT2D eigenvalue weighted by atomic mass is 127. The molecule has 2 aromatic carbocycles. The number of nitrogens with one attached hydrogen (secondary N) is 2. The number of pyridine rings is 1. The summed E-state index contributed by atoms with van der Waals surface area (Å²) in [7, 11) is 2.08. The van der Waals surface area contributed by atoms with E-state index in [0.29, 0.717) is 30.0 Å². The fourth-order valence-electron chi connectivity index (χ4n) is 5.03. The second-order valence-electron chi connectivity index (χ2n) is 12.4. The van der Waals surface area contributed by atoms with E-state index in [1.54, 1.807) is 30.7 Å². The van der Waals surface area contributed by atoms with Gasteiger partial charge in [-0.15, -0.1) is 24.0 Å². The van der Waals surface area contributed by atoms with Crippen LogP contribution in [0.2, 0.25) is 0 Å². The zero-order valence-electron chi connectivity index (χ0n) is 28.1. The van der Waals surface area contributed by atoms with Gasteiger partial charge in [-0.05, 0) is 87.8 Å². The summed E-state index contributed by atoms with van der Waals surface area (Å²) in [5.74, 6) is 0.202. The zero-order valence-corrected chi connectivity index (χ0v) is 30.4. The fraction of sp³-hybridized carbons (Fsp3) is 0.361. The molecule has 0 radical (unpaired) electrons. The Balaban J connectivity index is 0.00000520. The lowest BCUT2D eigenvalue weighted by atomic mass is 10.1. The number of ether oxygens (including phenoxy) is 2. The van der Waals surface area contributed by atoms with Gasteiger partial charge in [0.1, 0.15) is 5.60 Å². The Bertz CT molecular complexity index is 1660. The van der Waals surface area contributed by atoms with E-state index in [2.05, 4.69) is 42.4 Å². The number of amides is 1. The Morgan fingerprint density at radius 3 is 2.44 bits per heavy atom. The number of hydrogen-bond donors (Lipinski definition) is 2. The predicted octanol–water partition coefficient (Wildman–Crippen LogP) is 6.92. The lowest BCUT2D eigenvalue weighted by molar-refractivity contribution is -0.0850. The summed E-state index contributed by atoms with van der Waals surface area (Å²) >= 11 is 0. The van der Waals surface area contributed by atoms with E-state index in [0.717, 1.165) is 54.3 Å². The molecular weight excluding hydrogens is 721 g/mol. The van der Waals surface area contributed by atoms with Crippen LogP contribution in [0.1, 0.15) is 48.7 Å². The molecule has 1 atom stereocenters. The van der Waals surface area contributed by atoms with Crippen molar-refractivity contribution in [1.29, 1.82) is 0 Å². The minimum absolute atomic E-state index is 0. The number of likely N-dealkylation sites (N-methyl/N-ethyl adjacent to an activating group) is 1. The Labute approximate surface area is 299 Å². The predicted molar refractivity (Wildman–Crippen MR) is 198 cm³/mol. The summed E-state index contributed by atoms with van der Waals surface area (Å²) in [5.41, 5.74) is 4.88. The van der Waals surface area contributed by atoms with Gasteiger partial charge >= 0.3 is 6.16 Å². The molecule has 1 aliphatic rings. The number of anilines is 3. The van der Waals surface area contributed by atoms with E-state index in [9.17, 15) is 9.59 Å². The first-order valence-corrected chi connectivity index (χ1v) is 15.9. The molecule has 4 aromatic rings. The molecule has 1 saturated heterocycles. The van der Waals surface area contributed by atoms with Crippen LogP contribution in [0.5, 0.6) is 0 Å². The van der Waals surface area contributed by atoms with Gasteiger partial charge in [-0.2, -0.15) is 0 Å². The van der Waals surface area contributed by atoms with E-state index >= 15 is 0 Å². The number of benzene rings is 2. The minimum Gasteiger partial charge on any atom is -0.428 e. The van der Waals surface area contributed by atoms with Gasteiger partial charge < -0.3 is 25.0 Å². The van der Waals surface area contributed by atoms with Crippen molar-refractivity contribution in [3.8, 4) is 11.3 Å². The lowest BCUT2D eigenvalue weighted by Gasteiger charge is -2.37. The molecule has 1 amide bonds. The average molecular weight is 766 g/mol. The summed E-state index contributed by atoms with van der Waals surface area (Å²) < 4.78 is 11.4. The molecule has 3 heterocycles. The van der Waals surface area contributed by atoms with Crippen LogP contribution in [0.25, 0.3) is 11.3 Å². The number of rotatable bonds is 11. The van der Waals surface area contributed by atoms with Crippen LogP contribution in [0, 0.1) is 6.92 Å². The number of nitrogens with zero attached hydrogens (tertiary/aromatic N) is 5. The van der Waals surface area contributed by atoms with Crippen LogP contribution in [-0.2, 0) is 15.9 Å². The topological polar surface area (TPSA) is 122 Å². The van der Waals surface area contributed by atoms with Gasteiger partial charge in [0.2, 0.25) is 5.95 Å². The largest absolute Gasteiger partial charge is 0.510 e. The molecule has 1 fully saturated rings. The van der Waals surface area contributed by atoms with Crippen molar-refractivity contribution < 1.29 is 19.1 Å². The first-order valence-electron chi connectivity index (χ1n) is 15.9. The highest BCUT2D eigenvalue weighted by Crippen LogP contribution is 2.25. The summed E-state index contributed by atoms with van der Waals surface area (Å²) in [6, 6.07) is 18.7. The van der Waals surface area contributed by atoms with Gasteiger partial charge in [-0.3, -0.25) is 14.7 Å². The molecule has 2 aromatic heterocycles. The van der Waals surface area contributed by atoms with Crippen molar-refractivity contribution in [1.82, 2.24) is 24.8 Å². The highest BCUT2D eigenvalue weighted by molar-refractivity contribution is 14.0. The Kier molecular flexibility index (Phi) is 12.8. The van der Waals surface area contributed by atoms with Crippen LogP contribution in [0.4, 0.5) is 22.1 Å². The van der Waals surface area contributed by atoms with Gasteiger partial charge in [-0.25, -0.2) is 14.8 Å². The third kappa shape index (κ3) is 10.2. The Morgan fingerprint density at radius 2 is 1.75 bits per heavy atom. The molecule has 0 bridgehead atoms. The number of halogens is 1. The monoisotopic (exact) mass is 765 g/mol. The number of hydrogen-bond acceptors (Lipinski definition) is 10. The number of carbonyl (C=O) groups excluding carboxylic acids is 2. The quantitative estimate of drug-likeness (QED) is 0.123. The fourth-order valence-corrected chi connectivity index (χ4v) is 5.03. The molecule has 11 nitrogen and oxygen atoms in total. The van der Waals surface area contributed by atoms with E-state index in [-0.39, 0.29) is 29.9 Å². The normalized spacial score (nSPS) is 14.4. The van der Waals surface area contributed by atoms with Gasteiger partial charge in [0.05, 0.1) is 5.69 Å². The third-order valence-electron chi connectivity index (χ3n) is 8.37. The molecule has 2 N–H and O–H groups in total. The van der Waals surface area contributed by atoms with Gasteiger partial charge in [0.15, 0.2) is 6.23 Å². The maximum absolute atomic E-state index is 13.2. The molecule has 12 heteroatoms. The van der Waals surface area contributed by atoms with Gasteiger partial charge in [-0.1, -0.05) is 25.1 Å². The van der Waals surface area contributed by atoms with Crippen LogP contribution in [0.15, 0.2) is 79.3 Å². The van der Waals surface area contributed by atoms with Gasteiger partial charge in [0.25, 0.3) is 5.91 Å². The number of piperazine rings is 1. The second kappa shape index (κ2) is 16.8. The summed E-state index contributed by atoms with van der Waals surface area (Å²) in [6.07, 6.45) is 5.18. The summed E-state index contributed by atoms with van der Waals surface area (Å²) in [6.45, 7) is 11.0. The smallest absolute Gasteiger partial charge is 0.428 e. The first kappa shape index (κ1) is 36.7. The number of carbonyl (C=O) groups is 2. The Morgan fingerprint density at radius 1 is 1.00 bits per heavy atom. The third-order valence-corrected chi connectivity index (χ3v) is 8.37. The van der Waals surface area contributed by atoms with Crippen molar-refractivity contribution in [3.05, 3.63) is 95.9 Å². The van der Waals surface area contributed by atoms with Crippen LogP contribution < -0.4 is 10.6 Å². The summed E-state index contributed by atoms with van der Waals surface area (Å²) in [4.78, 5) is 43.5. The second-order valence-corrected chi connectivity index (χ2v) is 12.4. The van der Waals surface area contributed by atoms with Crippen LogP contribution in [0.3, 0.4) is 0 Å². The number of aryl methyl sites for hydroxylation is 1. The molecule has 1 unspecified atom stereocenters. The van der Waals surface area contributed by atoms with E-state index in [4.69, 9.17) is 9.47 Å². The van der Waals surface area contributed by atoms with E-state index in [1.807, 2.05) is 76.2 Å². The van der Waals surface area contributed by atoms with Crippen molar-refractivity contribution in [2.45, 2.75) is 52.4 Å². The summed E-state index contributed by atoms with van der Waals surface area (Å²) in [5, 5.41) is 6.27. The Hall–Kier alpha value is -4.14. The maximum Gasteiger partial charge on any atom is 0.510 e. The van der Waals surface area contributed by atoms with E-state index in [1.165, 1.54) is 0 Å². The first-order chi connectivity index (χ1) is 22.6.